The van der Waals surface area contributed by atoms with Crippen LogP contribution in [0.2, 0.25) is 5.02 Å². The van der Waals surface area contributed by atoms with Gasteiger partial charge in [-0.2, -0.15) is 0 Å². The molecular weight excluding hydrogens is 466 g/mol. The molecule has 9 heteroatoms. The van der Waals surface area contributed by atoms with Crippen molar-refractivity contribution in [3.63, 3.8) is 0 Å². The van der Waals surface area contributed by atoms with Crippen molar-refractivity contribution in [2.75, 3.05) is 17.6 Å². The monoisotopic (exact) mass is 491 g/mol. The van der Waals surface area contributed by atoms with E-state index in [-0.39, 0.29) is 24.1 Å². The van der Waals surface area contributed by atoms with Crippen molar-refractivity contribution in [3.05, 3.63) is 51.2 Å². The van der Waals surface area contributed by atoms with Crippen LogP contribution in [0, 0.1) is 5.92 Å². The maximum atomic E-state index is 12.9. The Morgan fingerprint density at radius 3 is 2.81 bits per heavy atom. The van der Waals surface area contributed by atoms with Gasteiger partial charge in [-0.15, -0.1) is 23.1 Å². The van der Waals surface area contributed by atoms with Crippen LogP contribution < -0.4 is 16.0 Å². The molecule has 2 aliphatic rings. The molecule has 3 N–H and O–H groups in total. The Balaban J connectivity index is 1.29. The van der Waals surface area contributed by atoms with Gasteiger partial charge in [0.15, 0.2) is 0 Å². The predicted octanol–water partition coefficient (Wildman–Crippen LogP) is 4.16. The molecule has 2 aromatic rings. The van der Waals surface area contributed by atoms with E-state index >= 15 is 0 Å². The maximum absolute atomic E-state index is 12.9. The summed E-state index contributed by atoms with van der Waals surface area (Å²) in [6.07, 6.45) is 2.10. The van der Waals surface area contributed by atoms with E-state index in [0.29, 0.717) is 28.9 Å². The Labute approximate surface area is 200 Å². The molecular formula is C23H26ClN3O3S2. The minimum atomic E-state index is -0.533. The third-order valence-corrected chi connectivity index (χ3v) is 8.24. The van der Waals surface area contributed by atoms with Gasteiger partial charge in [0.2, 0.25) is 17.7 Å². The number of hydrogen-bond donors (Lipinski definition) is 3. The molecule has 2 unspecified atom stereocenters. The lowest BCUT2D eigenvalue weighted by atomic mass is 9.93. The third kappa shape index (κ3) is 5.66. The summed E-state index contributed by atoms with van der Waals surface area (Å²) in [5.74, 6) is 0.577. The molecule has 1 aliphatic heterocycles. The second-order valence-electron chi connectivity index (χ2n) is 8.57. The van der Waals surface area contributed by atoms with E-state index < -0.39 is 11.5 Å². The zero-order valence-electron chi connectivity index (χ0n) is 17.8. The SMILES string of the molecule is CC(CNC(=O)CSCc1cccs1)(NC(=O)CC1C(=O)Nc2cc(Cl)ccc21)C1CC1. The van der Waals surface area contributed by atoms with Crippen LogP contribution in [0.25, 0.3) is 0 Å². The zero-order chi connectivity index (χ0) is 22.7. The summed E-state index contributed by atoms with van der Waals surface area (Å²) in [6, 6.07) is 9.29. The van der Waals surface area contributed by atoms with Crippen molar-refractivity contribution >= 4 is 58.1 Å². The molecule has 0 radical (unpaired) electrons. The molecule has 1 saturated carbocycles. The van der Waals surface area contributed by atoms with Gasteiger partial charge in [-0.1, -0.05) is 23.7 Å². The van der Waals surface area contributed by atoms with Gasteiger partial charge in [-0.3, -0.25) is 14.4 Å². The molecule has 2 heterocycles. The highest BCUT2D eigenvalue weighted by Gasteiger charge is 2.43. The number of nitrogens with one attached hydrogen (secondary N) is 3. The fraction of sp³-hybridized carbons (Fsp3) is 0.435. The number of anilines is 1. The Kier molecular flexibility index (Phi) is 7.12. The highest BCUT2D eigenvalue weighted by atomic mass is 35.5. The first-order chi connectivity index (χ1) is 15.3. The fourth-order valence-corrected chi connectivity index (χ4v) is 5.91. The molecule has 0 spiro atoms. The molecule has 0 bridgehead atoms. The van der Waals surface area contributed by atoms with E-state index in [2.05, 4.69) is 22.0 Å². The summed E-state index contributed by atoms with van der Waals surface area (Å²) in [7, 11) is 0. The van der Waals surface area contributed by atoms with Crippen LogP contribution >= 0.6 is 34.7 Å². The predicted molar refractivity (Wildman–Crippen MR) is 130 cm³/mol. The van der Waals surface area contributed by atoms with Gasteiger partial charge in [0, 0.05) is 34.3 Å². The Morgan fingerprint density at radius 2 is 2.09 bits per heavy atom. The first kappa shape index (κ1) is 23.1. The van der Waals surface area contributed by atoms with Gasteiger partial charge in [0.25, 0.3) is 0 Å². The largest absolute Gasteiger partial charge is 0.353 e. The molecule has 1 aliphatic carbocycles. The summed E-state index contributed by atoms with van der Waals surface area (Å²) in [6.45, 7) is 2.36. The summed E-state index contributed by atoms with van der Waals surface area (Å²) in [5.41, 5.74) is 0.930. The number of amides is 3. The standard InChI is InChI=1S/C23H26ClN3O3S2/c1-23(14-4-5-14,13-25-21(29)12-31-11-16-3-2-8-32-16)27-20(28)10-18-17-7-6-15(24)9-19(17)26-22(18)30/h2-3,6-9,14,18H,4-5,10-13H2,1H3,(H,25,29)(H,26,30)(H,27,28). The number of thioether (sulfide) groups is 1. The van der Waals surface area contributed by atoms with E-state index in [1.807, 2.05) is 18.4 Å². The highest BCUT2D eigenvalue weighted by Crippen LogP contribution is 2.40. The Bertz CT molecular complexity index is 1010. The van der Waals surface area contributed by atoms with Crippen LogP contribution in [-0.2, 0) is 20.1 Å². The first-order valence-corrected chi connectivity index (χ1v) is 13.0. The molecule has 6 nitrogen and oxygen atoms in total. The average molecular weight is 492 g/mol. The highest BCUT2D eigenvalue weighted by molar-refractivity contribution is 7.99. The van der Waals surface area contributed by atoms with Gasteiger partial charge in [-0.05, 0) is 54.8 Å². The minimum Gasteiger partial charge on any atom is -0.353 e. The number of carbonyl (C=O) groups excluding carboxylic acids is 3. The summed E-state index contributed by atoms with van der Waals surface area (Å²) in [4.78, 5) is 38.9. The van der Waals surface area contributed by atoms with Gasteiger partial charge in [0.1, 0.15) is 0 Å². The van der Waals surface area contributed by atoms with E-state index in [9.17, 15) is 14.4 Å². The lowest BCUT2D eigenvalue weighted by Gasteiger charge is -2.32. The topological polar surface area (TPSA) is 87.3 Å². The number of rotatable bonds is 10. The second-order valence-corrected chi connectivity index (χ2v) is 11.0. The van der Waals surface area contributed by atoms with Crippen molar-refractivity contribution in [1.82, 2.24) is 10.6 Å². The van der Waals surface area contributed by atoms with Crippen LogP contribution in [0.3, 0.4) is 0 Å². The van der Waals surface area contributed by atoms with E-state index in [4.69, 9.17) is 11.6 Å². The molecule has 1 aromatic carbocycles. The van der Waals surface area contributed by atoms with Gasteiger partial charge in [-0.25, -0.2) is 0 Å². The fourth-order valence-electron chi connectivity index (χ4n) is 4.04. The normalized spacial score (nSPS) is 19.1. The first-order valence-electron chi connectivity index (χ1n) is 10.6. The number of fused-ring (bicyclic) bond motifs is 1. The molecule has 1 fully saturated rings. The molecule has 1 aromatic heterocycles. The van der Waals surface area contributed by atoms with Crippen molar-refractivity contribution in [2.24, 2.45) is 5.92 Å². The zero-order valence-corrected chi connectivity index (χ0v) is 20.2. The van der Waals surface area contributed by atoms with Gasteiger partial charge in [0.05, 0.1) is 17.2 Å². The lowest BCUT2D eigenvalue weighted by molar-refractivity contribution is -0.127. The van der Waals surface area contributed by atoms with Crippen LogP contribution in [0.5, 0.6) is 0 Å². The van der Waals surface area contributed by atoms with Crippen molar-refractivity contribution < 1.29 is 14.4 Å². The van der Waals surface area contributed by atoms with Crippen LogP contribution in [0.4, 0.5) is 5.69 Å². The maximum Gasteiger partial charge on any atom is 0.232 e. The third-order valence-electron chi connectivity index (χ3n) is 5.97. The summed E-state index contributed by atoms with van der Waals surface area (Å²) < 4.78 is 0. The van der Waals surface area contributed by atoms with Gasteiger partial charge >= 0.3 is 0 Å². The number of benzene rings is 1. The average Bonchev–Trinajstić information content (AvgIpc) is 3.41. The van der Waals surface area contributed by atoms with E-state index in [0.717, 1.165) is 24.2 Å². The lowest BCUT2D eigenvalue weighted by Crippen LogP contribution is -2.55. The molecule has 32 heavy (non-hydrogen) atoms. The van der Waals surface area contributed by atoms with Crippen molar-refractivity contribution in [2.45, 2.75) is 43.4 Å². The summed E-state index contributed by atoms with van der Waals surface area (Å²) in [5, 5.41) is 11.5. The van der Waals surface area contributed by atoms with Crippen molar-refractivity contribution in [3.8, 4) is 0 Å². The molecule has 0 saturated heterocycles. The Morgan fingerprint density at radius 1 is 1.28 bits per heavy atom. The Hall–Kier alpha value is -2.03. The molecule has 170 valence electrons. The molecule has 2 atom stereocenters. The second kappa shape index (κ2) is 9.85. The number of carbonyl (C=O) groups is 3. The quantitative estimate of drug-likeness (QED) is 0.465. The van der Waals surface area contributed by atoms with Crippen LogP contribution in [0.15, 0.2) is 35.7 Å². The molecule has 4 rings (SSSR count). The smallest absolute Gasteiger partial charge is 0.232 e. The number of thiophene rings is 1. The summed E-state index contributed by atoms with van der Waals surface area (Å²) >= 11 is 9.27. The number of hydrogen-bond acceptors (Lipinski definition) is 5. The van der Waals surface area contributed by atoms with Gasteiger partial charge < -0.3 is 16.0 Å². The minimum absolute atomic E-state index is 0.0337. The van der Waals surface area contributed by atoms with Crippen LogP contribution in [0.1, 0.15) is 42.5 Å². The van der Waals surface area contributed by atoms with E-state index in [1.54, 1.807) is 41.3 Å². The van der Waals surface area contributed by atoms with Crippen molar-refractivity contribution in [1.29, 1.82) is 0 Å². The number of halogens is 1. The van der Waals surface area contributed by atoms with Crippen LogP contribution in [-0.4, -0.2) is 35.6 Å². The molecule has 3 amide bonds. The van der Waals surface area contributed by atoms with E-state index in [1.165, 1.54) is 4.88 Å².